The lowest BCUT2D eigenvalue weighted by Crippen LogP contribution is -2.03. The second-order valence-corrected chi connectivity index (χ2v) is 3.85. The molecule has 0 amide bonds. The van der Waals surface area contributed by atoms with E-state index in [4.69, 9.17) is 17.3 Å². The average Bonchev–Trinajstić information content (AvgIpc) is 2.33. The molecule has 0 bridgehead atoms. The minimum absolute atomic E-state index is 0.104. The predicted molar refractivity (Wildman–Crippen MR) is 65.2 cm³/mol. The molecule has 0 aliphatic heterocycles. The zero-order chi connectivity index (χ0) is 12.3. The number of hydrogen-bond donors (Lipinski definition) is 2. The van der Waals surface area contributed by atoms with E-state index in [1.165, 1.54) is 6.07 Å². The predicted octanol–water partition coefficient (Wildman–Crippen LogP) is 2.46. The molecular formula is C11H10ClFN4. The lowest BCUT2D eigenvalue weighted by Gasteiger charge is -2.05. The number of nitrogens with one attached hydrogen (secondary N) is 1. The molecule has 88 valence electrons. The Morgan fingerprint density at radius 3 is 2.71 bits per heavy atom. The zero-order valence-electron chi connectivity index (χ0n) is 8.82. The molecule has 6 heteroatoms. The van der Waals surface area contributed by atoms with Gasteiger partial charge in [-0.1, -0.05) is 17.7 Å². The molecule has 4 nitrogen and oxygen atoms in total. The first-order valence-corrected chi connectivity index (χ1v) is 5.30. The summed E-state index contributed by atoms with van der Waals surface area (Å²) in [6.07, 6.45) is 0. The van der Waals surface area contributed by atoms with Gasteiger partial charge in [-0.25, -0.2) is 4.39 Å². The Morgan fingerprint density at radius 2 is 2.06 bits per heavy atom. The zero-order valence-corrected chi connectivity index (χ0v) is 9.58. The second kappa shape index (κ2) is 4.97. The van der Waals surface area contributed by atoms with E-state index in [1.54, 1.807) is 24.3 Å². The quantitative estimate of drug-likeness (QED) is 0.881. The van der Waals surface area contributed by atoms with E-state index in [0.29, 0.717) is 18.2 Å². The molecule has 0 radical (unpaired) electrons. The number of nitrogens with zero attached hydrogens (tertiary/aromatic N) is 2. The van der Waals surface area contributed by atoms with Gasteiger partial charge >= 0.3 is 0 Å². The molecule has 0 spiro atoms. The molecule has 0 unspecified atom stereocenters. The molecule has 0 aliphatic rings. The van der Waals surface area contributed by atoms with Gasteiger partial charge in [0.05, 0.1) is 5.02 Å². The third-order valence-corrected chi connectivity index (χ3v) is 2.43. The minimum atomic E-state index is -0.428. The first-order valence-electron chi connectivity index (χ1n) is 4.92. The molecule has 1 heterocycles. The van der Waals surface area contributed by atoms with Crippen molar-refractivity contribution in [3.63, 3.8) is 0 Å². The minimum Gasteiger partial charge on any atom is -0.382 e. The fourth-order valence-electron chi connectivity index (χ4n) is 1.28. The molecule has 0 saturated heterocycles. The number of anilines is 2. The highest BCUT2D eigenvalue weighted by Gasteiger charge is 2.01. The summed E-state index contributed by atoms with van der Waals surface area (Å²) in [5.41, 5.74) is 6.27. The Morgan fingerprint density at radius 1 is 1.24 bits per heavy atom. The van der Waals surface area contributed by atoms with Gasteiger partial charge in [0.1, 0.15) is 17.5 Å². The van der Waals surface area contributed by atoms with E-state index in [1.807, 2.05) is 0 Å². The average molecular weight is 253 g/mol. The number of nitrogen functional groups attached to an aromatic ring is 1. The van der Waals surface area contributed by atoms with Gasteiger partial charge < -0.3 is 11.1 Å². The van der Waals surface area contributed by atoms with Crippen molar-refractivity contribution in [3.05, 3.63) is 46.7 Å². The van der Waals surface area contributed by atoms with Crippen LogP contribution in [0.15, 0.2) is 30.3 Å². The molecule has 2 rings (SSSR count). The summed E-state index contributed by atoms with van der Waals surface area (Å²) in [5, 5.41) is 10.7. The van der Waals surface area contributed by atoms with Crippen LogP contribution in [-0.4, -0.2) is 10.2 Å². The number of aromatic nitrogens is 2. The maximum Gasteiger partial charge on any atom is 0.149 e. The standard InChI is InChI=1S/C11H10ClFN4/c12-8-5-7(1-2-9(8)13)6-15-11-4-3-10(14)16-17-11/h1-5H,6H2,(H2,14,16)(H,15,17). The molecule has 0 aliphatic carbocycles. The molecule has 0 fully saturated rings. The summed E-state index contributed by atoms with van der Waals surface area (Å²) >= 11 is 5.67. The van der Waals surface area contributed by atoms with E-state index in [9.17, 15) is 4.39 Å². The second-order valence-electron chi connectivity index (χ2n) is 3.45. The van der Waals surface area contributed by atoms with Crippen LogP contribution >= 0.6 is 11.6 Å². The Balaban J connectivity index is 2.02. The van der Waals surface area contributed by atoms with Crippen LogP contribution in [0.3, 0.4) is 0 Å². The van der Waals surface area contributed by atoms with Gasteiger partial charge in [0.15, 0.2) is 0 Å². The normalized spacial score (nSPS) is 10.2. The highest BCUT2D eigenvalue weighted by molar-refractivity contribution is 6.30. The van der Waals surface area contributed by atoms with Crippen molar-refractivity contribution < 1.29 is 4.39 Å². The third kappa shape index (κ3) is 3.04. The third-order valence-electron chi connectivity index (χ3n) is 2.14. The number of hydrogen-bond acceptors (Lipinski definition) is 4. The number of benzene rings is 1. The summed E-state index contributed by atoms with van der Waals surface area (Å²) < 4.78 is 12.9. The monoisotopic (exact) mass is 252 g/mol. The van der Waals surface area contributed by atoms with Crippen molar-refractivity contribution >= 4 is 23.2 Å². The lowest BCUT2D eigenvalue weighted by molar-refractivity contribution is 0.627. The van der Waals surface area contributed by atoms with E-state index in [0.717, 1.165) is 5.56 Å². The molecular weight excluding hydrogens is 243 g/mol. The van der Waals surface area contributed by atoms with Gasteiger partial charge in [-0.3, -0.25) is 0 Å². The Hall–Kier alpha value is -1.88. The Bertz CT molecular complexity index is 515. The fourth-order valence-corrected chi connectivity index (χ4v) is 1.48. The van der Waals surface area contributed by atoms with Crippen LogP contribution in [-0.2, 0) is 6.54 Å². The Labute approximate surface area is 103 Å². The van der Waals surface area contributed by atoms with Gasteiger partial charge in [-0.15, -0.1) is 10.2 Å². The van der Waals surface area contributed by atoms with Crippen molar-refractivity contribution in [2.75, 3.05) is 11.1 Å². The topological polar surface area (TPSA) is 63.8 Å². The van der Waals surface area contributed by atoms with E-state index in [2.05, 4.69) is 15.5 Å². The first kappa shape index (κ1) is 11.6. The lowest BCUT2D eigenvalue weighted by atomic mass is 10.2. The summed E-state index contributed by atoms with van der Waals surface area (Å²) in [7, 11) is 0. The highest BCUT2D eigenvalue weighted by atomic mass is 35.5. The van der Waals surface area contributed by atoms with E-state index in [-0.39, 0.29) is 5.02 Å². The van der Waals surface area contributed by atoms with Gasteiger partial charge in [-0.05, 0) is 29.8 Å². The molecule has 0 saturated carbocycles. The van der Waals surface area contributed by atoms with Gasteiger partial charge in [0.25, 0.3) is 0 Å². The van der Waals surface area contributed by atoms with Crippen LogP contribution in [0, 0.1) is 5.82 Å². The number of rotatable bonds is 3. The molecule has 1 aromatic heterocycles. The molecule has 17 heavy (non-hydrogen) atoms. The van der Waals surface area contributed by atoms with E-state index >= 15 is 0 Å². The largest absolute Gasteiger partial charge is 0.382 e. The van der Waals surface area contributed by atoms with Crippen molar-refractivity contribution in [3.8, 4) is 0 Å². The van der Waals surface area contributed by atoms with Crippen molar-refractivity contribution in [1.82, 2.24) is 10.2 Å². The van der Waals surface area contributed by atoms with Crippen LogP contribution in [0.4, 0.5) is 16.0 Å². The summed E-state index contributed by atoms with van der Waals surface area (Å²) in [6, 6.07) is 7.90. The van der Waals surface area contributed by atoms with Crippen LogP contribution < -0.4 is 11.1 Å². The van der Waals surface area contributed by atoms with Crippen LogP contribution in [0.1, 0.15) is 5.56 Å². The first-order chi connectivity index (χ1) is 8.15. The van der Waals surface area contributed by atoms with Crippen LogP contribution in [0.2, 0.25) is 5.02 Å². The maximum atomic E-state index is 12.9. The van der Waals surface area contributed by atoms with Crippen molar-refractivity contribution in [1.29, 1.82) is 0 Å². The number of nitrogens with two attached hydrogens (primary N) is 1. The number of halogens is 2. The SMILES string of the molecule is Nc1ccc(NCc2ccc(F)c(Cl)c2)nn1. The summed E-state index contributed by atoms with van der Waals surface area (Å²) in [4.78, 5) is 0. The highest BCUT2D eigenvalue weighted by Crippen LogP contribution is 2.16. The molecule has 2 aromatic rings. The molecule has 0 atom stereocenters. The molecule has 3 N–H and O–H groups in total. The van der Waals surface area contributed by atoms with Gasteiger partial charge in [0, 0.05) is 6.54 Å². The van der Waals surface area contributed by atoms with Crippen molar-refractivity contribution in [2.45, 2.75) is 6.54 Å². The Kier molecular flexibility index (Phi) is 3.39. The van der Waals surface area contributed by atoms with Crippen LogP contribution in [0.25, 0.3) is 0 Å². The van der Waals surface area contributed by atoms with Gasteiger partial charge in [-0.2, -0.15) is 0 Å². The van der Waals surface area contributed by atoms with E-state index < -0.39 is 5.82 Å². The van der Waals surface area contributed by atoms with Crippen LogP contribution in [0.5, 0.6) is 0 Å². The van der Waals surface area contributed by atoms with Crippen molar-refractivity contribution in [2.24, 2.45) is 0 Å². The maximum absolute atomic E-state index is 12.9. The summed E-state index contributed by atoms with van der Waals surface area (Å²) in [6.45, 7) is 0.485. The fraction of sp³-hybridized carbons (Fsp3) is 0.0909. The summed E-state index contributed by atoms with van der Waals surface area (Å²) in [5.74, 6) is 0.530. The smallest absolute Gasteiger partial charge is 0.149 e. The van der Waals surface area contributed by atoms with Gasteiger partial charge in [0.2, 0.25) is 0 Å². The molecule has 1 aromatic carbocycles.